The number of rotatable bonds is 6. The lowest BCUT2D eigenvalue weighted by molar-refractivity contribution is 0.663. The molecular formula is C56H44N2O2. The van der Waals surface area contributed by atoms with E-state index in [4.69, 9.17) is 8.83 Å². The first-order valence-corrected chi connectivity index (χ1v) is 20.7. The summed E-state index contributed by atoms with van der Waals surface area (Å²) in [4.78, 5) is 4.77. The summed E-state index contributed by atoms with van der Waals surface area (Å²) in [6, 6.07) is 57.2. The molecule has 11 rings (SSSR count). The quantitative estimate of drug-likeness (QED) is 0.168. The number of nitrogens with zero attached hydrogens (tertiary/aromatic N) is 2. The Labute approximate surface area is 349 Å². The maximum atomic E-state index is 6.69. The van der Waals surface area contributed by atoms with Gasteiger partial charge in [-0.15, -0.1) is 0 Å². The van der Waals surface area contributed by atoms with Crippen LogP contribution in [0.15, 0.2) is 167 Å². The third-order valence-electron chi connectivity index (χ3n) is 12.4. The van der Waals surface area contributed by atoms with Gasteiger partial charge in [-0.1, -0.05) is 72.8 Å². The van der Waals surface area contributed by atoms with Gasteiger partial charge in [0.1, 0.15) is 22.3 Å². The van der Waals surface area contributed by atoms with Crippen molar-refractivity contribution < 1.29 is 8.83 Å². The van der Waals surface area contributed by atoms with Crippen LogP contribution < -0.4 is 9.80 Å². The highest BCUT2D eigenvalue weighted by Gasteiger charge is 2.22. The average Bonchev–Trinajstić information content (AvgIpc) is 3.79. The summed E-state index contributed by atoms with van der Waals surface area (Å²) in [5.41, 5.74) is 17.7. The highest BCUT2D eigenvalue weighted by atomic mass is 16.3. The van der Waals surface area contributed by atoms with Crippen molar-refractivity contribution in [1.82, 2.24) is 0 Å². The Hall–Kier alpha value is -7.30. The van der Waals surface area contributed by atoms with Gasteiger partial charge in [-0.2, -0.15) is 0 Å². The van der Waals surface area contributed by atoms with Gasteiger partial charge >= 0.3 is 0 Å². The van der Waals surface area contributed by atoms with E-state index in [2.05, 4.69) is 209 Å². The fourth-order valence-electron chi connectivity index (χ4n) is 9.24. The molecule has 0 aliphatic rings. The van der Waals surface area contributed by atoms with Crippen LogP contribution in [0.1, 0.15) is 33.4 Å². The van der Waals surface area contributed by atoms with Gasteiger partial charge in [-0.3, -0.25) is 0 Å². The predicted molar refractivity (Wildman–Crippen MR) is 254 cm³/mol. The van der Waals surface area contributed by atoms with E-state index in [1.807, 2.05) is 0 Å². The van der Waals surface area contributed by atoms with Crippen LogP contribution in [-0.4, -0.2) is 0 Å². The summed E-state index contributed by atoms with van der Waals surface area (Å²) in [6.07, 6.45) is 0. The molecule has 0 saturated heterocycles. The van der Waals surface area contributed by atoms with Crippen LogP contribution in [0.25, 0.3) is 65.4 Å². The van der Waals surface area contributed by atoms with Crippen LogP contribution in [0.3, 0.4) is 0 Å². The lowest BCUT2D eigenvalue weighted by Crippen LogP contribution is -2.12. The number of aryl methyl sites for hydroxylation is 6. The molecular weight excluding hydrogens is 733 g/mol. The van der Waals surface area contributed by atoms with Crippen molar-refractivity contribution in [1.29, 1.82) is 0 Å². The molecule has 0 atom stereocenters. The summed E-state index contributed by atoms with van der Waals surface area (Å²) in [5, 5.41) is 8.90. The van der Waals surface area contributed by atoms with E-state index >= 15 is 0 Å². The number of anilines is 6. The Morgan fingerprint density at radius 2 is 0.733 bits per heavy atom. The second kappa shape index (κ2) is 13.6. The van der Waals surface area contributed by atoms with Crippen LogP contribution >= 0.6 is 0 Å². The maximum Gasteiger partial charge on any atom is 0.136 e. The molecule has 4 nitrogen and oxygen atoms in total. The van der Waals surface area contributed by atoms with Crippen molar-refractivity contribution in [3.8, 4) is 0 Å². The van der Waals surface area contributed by atoms with E-state index < -0.39 is 0 Å². The zero-order valence-corrected chi connectivity index (χ0v) is 34.7. The van der Waals surface area contributed by atoms with E-state index in [0.29, 0.717) is 0 Å². The molecule has 2 heterocycles. The van der Waals surface area contributed by atoms with Crippen LogP contribution in [0.4, 0.5) is 34.1 Å². The smallest absolute Gasteiger partial charge is 0.136 e. The molecule has 0 aliphatic heterocycles. The minimum absolute atomic E-state index is 0.852. The average molecular weight is 777 g/mol. The topological polar surface area (TPSA) is 32.8 Å². The summed E-state index contributed by atoms with van der Waals surface area (Å²) < 4.78 is 13.4. The fraction of sp³-hybridized carbons (Fsp3) is 0.107. The molecule has 11 aromatic rings. The van der Waals surface area contributed by atoms with Crippen LogP contribution in [0, 0.1) is 41.5 Å². The highest BCUT2D eigenvalue weighted by Crippen LogP contribution is 2.45. The van der Waals surface area contributed by atoms with E-state index in [-0.39, 0.29) is 0 Å². The Bertz CT molecular complexity index is 3300. The molecule has 0 fully saturated rings. The molecule has 0 bridgehead atoms. The summed E-state index contributed by atoms with van der Waals surface area (Å²) >= 11 is 0. The molecule has 0 radical (unpaired) electrons. The summed E-state index contributed by atoms with van der Waals surface area (Å²) in [6.45, 7) is 13.1. The zero-order valence-electron chi connectivity index (χ0n) is 34.7. The van der Waals surface area contributed by atoms with Gasteiger partial charge in [0.25, 0.3) is 0 Å². The largest absolute Gasteiger partial charge is 0.456 e. The van der Waals surface area contributed by atoms with Crippen molar-refractivity contribution in [3.05, 3.63) is 191 Å². The number of furan rings is 2. The number of hydrogen-bond donors (Lipinski definition) is 0. The van der Waals surface area contributed by atoms with E-state index in [1.54, 1.807) is 0 Å². The molecule has 0 unspecified atom stereocenters. The molecule has 2 aromatic heterocycles. The maximum absolute atomic E-state index is 6.69. The second-order valence-electron chi connectivity index (χ2n) is 16.6. The van der Waals surface area contributed by atoms with Gasteiger partial charge in [-0.25, -0.2) is 0 Å². The normalized spacial score (nSPS) is 11.8. The third kappa shape index (κ3) is 5.74. The van der Waals surface area contributed by atoms with Gasteiger partial charge in [0.2, 0.25) is 0 Å². The Morgan fingerprint density at radius 3 is 1.17 bits per heavy atom. The monoisotopic (exact) mass is 776 g/mol. The molecule has 0 N–H and O–H groups in total. The minimum atomic E-state index is 0.852. The van der Waals surface area contributed by atoms with Crippen molar-refractivity contribution in [2.45, 2.75) is 41.5 Å². The van der Waals surface area contributed by atoms with E-state index in [0.717, 1.165) is 76.8 Å². The highest BCUT2D eigenvalue weighted by molar-refractivity contribution is 6.28. The van der Waals surface area contributed by atoms with Crippen molar-refractivity contribution in [2.24, 2.45) is 0 Å². The number of benzene rings is 9. The molecule has 0 aliphatic carbocycles. The molecule has 0 amide bonds. The van der Waals surface area contributed by atoms with Gasteiger partial charge in [0.05, 0.1) is 0 Å². The summed E-state index contributed by atoms with van der Waals surface area (Å²) in [5.74, 6) is 0. The molecule has 290 valence electrons. The van der Waals surface area contributed by atoms with E-state index in [1.165, 1.54) is 56.1 Å². The van der Waals surface area contributed by atoms with Gasteiger partial charge in [0.15, 0.2) is 0 Å². The molecule has 9 aromatic carbocycles. The SMILES string of the molecule is Cc1ccc(C)c(N(c2ccc3cc4c(cc3c2)oc2ccc3oc5cc6cc(N(c7ccccc7C)c7cc(C)ccc7C)ccc6cc5c3c24)c2ccccc2C)c1. The second-order valence-corrected chi connectivity index (χ2v) is 16.6. The minimum Gasteiger partial charge on any atom is -0.456 e. The number of fused-ring (bicyclic) bond motifs is 9. The van der Waals surface area contributed by atoms with Crippen molar-refractivity contribution in [3.63, 3.8) is 0 Å². The third-order valence-corrected chi connectivity index (χ3v) is 12.4. The molecule has 0 saturated carbocycles. The first-order valence-electron chi connectivity index (χ1n) is 20.7. The van der Waals surface area contributed by atoms with Crippen molar-refractivity contribution in [2.75, 3.05) is 9.80 Å². The van der Waals surface area contributed by atoms with Crippen molar-refractivity contribution >= 4 is 99.5 Å². The molecule has 60 heavy (non-hydrogen) atoms. The first kappa shape index (κ1) is 35.8. The predicted octanol–water partition coefficient (Wildman–Crippen LogP) is 16.6. The number of para-hydroxylation sites is 2. The van der Waals surface area contributed by atoms with Crippen LogP contribution in [-0.2, 0) is 0 Å². The van der Waals surface area contributed by atoms with E-state index in [9.17, 15) is 0 Å². The zero-order chi connectivity index (χ0) is 40.8. The van der Waals surface area contributed by atoms with Gasteiger partial charge in [0, 0.05) is 55.7 Å². The Morgan fingerprint density at radius 1 is 0.317 bits per heavy atom. The molecule has 4 heteroatoms. The van der Waals surface area contributed by atoms with Crippen LogP contribution in [0.5, 0.6) is 0 Å². The molecule has 0 spiro atoms. The lowest BCUT2D eigenvalue weighted by atomic mass is 10.00. The first-order chi connectivity index (χ1) is 29.2. The van der Waals surface area contributed by atoms with Gasteiger partial charge < -0.3 is 18.6 Å². The number of hydrogen-bond acceptors (Lipinski definition) is 4. The Kier molecular flexibility index (Phi) is 8.15. The summed E-state index contributed by atoms with van der Waals surface area (Å²) in [7, 11) is 0. The van der Waals surface area contributed by atoms with Gasteiger partial charge in [-0.05, 0) is 181 Å². The Balaban J connectivity index is 1.06. The standard InChI is InChI=1S/C56H44N2O2/c1-33-15-17-37(5)49(25-33)57(47-13-9-7-11-35(47)3)43-21-19-39-29-45-53(31-41(39)27-43)59-51-23-24-52-56(55(45)51)46-30-40-20-22-44(28-42(40)32-54(46)60-52)58(48-14-10-8-12-36(48)4)50-26-34(2)16-18-38(50)6/h7-32H,1-6H3. The fourth-order valence-corrected chi connectivity index (χ4v) is 9.24. The van der Waals surface area contributed by atoms with Crippen LogP contribution in [0.2, 0.25) is 0 Å². The lowest BCUT2D eigenvalue weighted by Gasteiger charge is -2.29.